The van der Waals surface area contributed by atoms with E-state index >= 15 is 0 Å². The van der Waals surface area contributed by atoms with E-state index in [-0.39, 0.29) is 11.4 Å². The number of fused-ring (bicyclic) bond motifs is 1. The molecule has 0 amide bonds. The minimum absolute atomic E-state index is 0.0938. The van der Waals surface area contributed by atoms with E-state index in [1.165, 1.54) is 25.4 Å². The summed E-state index contributed by atoms with van der Waals surface area (Å²) in [6, 6.07) is 2.67. The lowest BCUT2D eigenvalue weighted by molar-refractivity contribution is 0.0594. The molecule has 0 aliphatic carbocycles. The van der Waals surface area contributed by atoms with Gasteiger partial charge in [-0.15, -0.1) is 0 Å². The zero-order valence-corrected chi connectivity index (χ0v) is 8.35. The van der Waals surface area contributed by atoms with Crippen LogP contribution in [0.15, 0.2) is 23.1 Å². The molecule has 0 spiro atoms. The highest BCUT2D eigenvalue weighted by Crippen LogP contribution is 2.13. The largest absolute Gasteiger partial charge is 0.503 e. The van der Waals surface area contributed by atoms with E-state index in [1.807, 2.05) is 0 Å². The molecule has 2 rings (SSSR count). The number of pyridine rings is 2. The molecular formula is C10H8N2O4. The average Bonchev–Trinajstić information content (AvgIpc) is 2.29. The summed E-state index contributed by atoms with van der Waals surface area (Å²) in [6.07, 6.45) is 1.37. The number of aromatic amines is 1. The maximum atomic E-state index is 11.2. The van der Waals surface area contributed by atoms with Crippen LogP contribution in [0, 0.1) is 0 Å². The molecular weight excluding hydrogens is 212 g/mol. The smallest absolute Gasteiger partial charge is 0.356 e. The normalized spacial score (nSPS) is 10.3. The number of aromatic nitrogens is 2. The first-order valence-corrected chi connectivity index (χ1v) is 4.42. The number of rotatable bonds is 1. The Morgan fingerprint density at radius 1 is 1.50 bits per heavy atom. The number of nitrogens with one attached hydrogen (secondary N) is 1. The number of methoxy groups -OCH3 is 1. The standard InChI is InChI=1S/C10H8N2O4/c1-16-10(15)7-3-6-5(4-11-7)2-8(13)9(14)12-6/h2-4,13H,1H3,(H,12,14). The molecule has 0 aliphatic rings. The Balaban J connectivity index is 2.67. The van der Waals surface area contributed by atoms with Crippen molar-refractivity contribution >= 4 is 16.9 Å². The monoisotopic (exact) mass is 220 g/mol. The van der Waals surface area contributed by atoms with E-state index in [2.05, 4.69) is 14.7 Å². The molecule has 0 unspecified atom stereocenters. The molecule has 0 atom stereocenters. The molecule has 2 heterocycles. The predicted molar refractivity (Wildman–Crippen MR) is 55.4 cm³/mol. The van der Waals surface area contributed by atoms with Crippen molar-refractivity contribution < 1.29 is 14.6 Å². The molecule has 16 heavy (non-hydrogen) atoms. The number of nitrogens with zero attached hydrogens (tertiary/aromatic N) is 1. The molecule has 2 aromatic rings. The molecule has 0 radical (unpaired) electrons. The molecule has 82 valence electrons. The van der Waals surface area contributed by atoms with Crippen molar-refractivity contribution in [1.82, 2.24) is 9.97 Å². The second-order valence-corrected chi connectivity index (χ2v) is 3.13. The van der Waals surface area contributed by atoms with Crippen LogP contribution in [0.3, 0.4) is 0 Å². The molecule has 6 nitrogen and oxygen atoms in total. The van der Waals surface area contributed by atoms with Crippen molar-refractivity contribution in [2.75, 3.05) is 7.11 Å². The Morgan fingerprint density at radius 2 is 2.25 bits per heavy atom. The topological polar surface area (TPSA) is 92.3 Å². The summed E-state index contributed by atoms with van der Waals surface area (Å²) < 4.78 is 4.50. The van der Waals surface area contributed by atoms with Gasteiger partial charge in [0.25, 0.3) is 5.56 Å². The van der Waals surface area contributed by atoms with Gasteiger partial charge in [-0.3, -0.25) is 4.79 Å². The molecule has 0 aliphatic heterocycles. The Kier molecular flexibility index (Phi) is 2.32. The van der Waals surface area contributed by atoms with Crippen LogP contribution < -0.4 is 5.56 Å². The van der Waals surface area contributed by atoms with Crippen LogP contribution in [0.4, 0.5) is 0 Å². The summed E-state index contributed by atoms with van der Waals surface area (Å²) in [5.74, 6) is -0.976. The summed E-state index contributed by atoms with van der Waals surface area (Å²) in [5.41, 5.74) is -0.107. The molecule has 0 fully saturated rings. The van der Waals surface area contributed by atoms with Crippen molar-refractivity contribution in [3.63, 3.8) is 0 Å². The number of carbonyl (C=O) groups excluding carboxylic acids is 1. The fourth-order valence-corrected chi connectivity index (χ4v) is 1.30. The van der Waals surface area contributed by atoms with Gasteiger partial charge in [0, 0.05) is 11.6 Å². The molecule has 0 bridgehead atoms. The van der Waals surface area contributed by atoms with E-state index in [1.54, 1.807) is 0 Å². The van der Waals surface area contributed by atoms with Crippen molar-refractivity contribution in [3.8, 4) is 5.75 Å². The summed E-state index contributed by atoms with van der Waals surface area (Å²) in [4.78, 5) is 28.6. The number of carbonyl (C=O) groups is 1. The van der Waals surface area contributed by atoms with E-state index in [0.717, 1.165) is 0 Å². The maximum absolute atomic E-state index is 11.2. The minimum Gasteiger partial charge on any atom is -0.503 e. The third kappa shape index (κ3) is 1.60. The quantitative estimate of drug-likeness (QED) is 0.679. The second-order valence-electron chi connectivity index (χ2n) is 3.13. The Morgan fingerprint density at radius 3 is 2.94 bits per heavy atom. The average molecular weight is 220 g/mol. The second kappa shape index (κ2) is 3.65. The SMILES string of the molecule is COC(=O)c1cc2[nH]c(=O)c(O)cc2cn1. The molecule has 6 heteroatoms. The predicted octanol–water partition coefficient (Wildman–Crippen LogP) is 0.415. The van der Waals surface area contributed by atoms with Crippen LogP contribution in [0.1, 0.15) is 10.5 Å². The lowest BCUT2D eigenvalue weighted by atomic mass is 10.2. The maximum Gasteiger partial charge on any atom is 0.356 e. The lowest BCUT2D eigenvalue weighted by Gasteiger charge is -2.01. The summed E-state index contributed by atoms with van der Waals surface area (Å²) in [6.45, 7) is 0. The Bertz CT molecular complexity index is 618. The van der Waals surface area contributed by atoms with Crippen LogP contribution in [0.25, 0.3) is 10.9 Å². The van der Waals surface area contributed by atoms with Gasteiger partial charge in [0.2, 0.25) is 0 Å². The fraction of sp³-hybridized carbons (Fsp3) is 0.100. The number of ether oxygens (including phenoxy) is 1. The fourth-order valence-electron chi connectivity index (χ4n) is 1.30. The van der Waals surface area contributed by atoms with Gasteiger partial charge in [-0.25, -0.2) is 9.78 Å². The van der Waals surface area contributed by atoms with Gasteiger partial charge >= 0.3 is 5.97 Å². The van der Waals surface area contributed by atoms with Crippen molar-refractivity contribution in [1.29, 1.82) is 0 Å². The third-order valence-electron chi connectivity index (χ3n) is 2.10. The lowest BCUT2D eigenvalue weighted by Crippen LogP contribution is -2.07. The number of hydrogen-bond acceptors (Lipinski definition) is 5. The number of hydrogen-bond donors (Lipinski definition) is 2. The van der Waals surface area contributed by atoms with Crippen molar-refractivity contribution in [3.05, 3.63) is 34.4 Å². The highest BCUT2D eigenvalue weighted by Gasteiger charge is 2.09. The van der Waals surface area contributed by atoms with Crippen LogP contribution in [-0.2, 0) is 4.74 Å². The van der Waals surface area contributed by atoms with Crippen LogP contribution in [-0.4, -0.2) is 28.2 Å². The first-order valence-electron chi connectivity index (χ1n) is 4.42. The van der Waals surface area contributed by atoms with Gasteiger partial charge in [-0.1, -0.05) is 0 Å². The van der Waals surface area contributed by atoms with E-state index in [9.17, 15) is 14.7 Å². The first kappa shape index (κ1) is 10.2. The van der Waals surface area contributed by atoms with Crippen molar-refractivity contribution in [2.24, 2.45) is 0 Å². The van der Waals surface area contributed by atoms with E-state index < -0.39 is 11.5 Å². The highest BCUT2D eigenvalue weighted by atomic mass is 16.5. The van der Waals surface area contributed by atoms with Crippen LogP contribution >= 0.6 is 0 Å². The molecule has 0 saturated carbocycles. The van der Waals surface area contributed by atoms with Gasteiger partial charge in [-0.05, 0) is 12.1 Å². The molecule has 2 N–H and O–H groups in total. The van der Waals surface area contributed by atoms with E-state index in [0.29, 0.717) is 10.9 Å². The van der Waals surface area contributed by atoms with Crippen LogP contribution in [0.2, 0.25) is 0 Å². The van der Waals surface area contributed by atoms with Gasteiger partial charge in [0.15, 0.2) is 5.75 Å². The van der Waals surface area contributed by atoms with Gasteiger partial charge < -0.3 is 14.8 Å². The highest BCUT2D eigenvalue weighted by molar-refractivity contribution is 5.91. The first-order chi connectivity index (χ1) is 7.61. The van der Waals surface area contributed by atoms with Crippen LogP contribution in [0.5, 0.6) is 5.75 Å². The Hall–Kier alpha value is -2.37. The van der Waals surface area contributed by atoms with Gasteiger partial charge in [-0.2, -0.15) is 0 Å². The molecule has 0 saturated heterocycles. The zero-order chi connectivity index (χ0) is 11.7. The minimum atomic E-state index is -0.616. The number of H-pyrrole nitrogens is 1. The molecule has 0 aromatic carbocycles. The van der Waals surface area contributed by atoms with Gasteiger partial charge in [0.1, 0.15) is 5.69 Å². The summed E-state index contributed by atoms with van der Waals surface area (Å²) in [7, 11) is 1.24. The van der Waals surface area contributed by atoms with Gasteiger partial charge in [0.05, 0.1) is 12.6 Å². The Labute approximate surface area is 89.5 Å². The number of esters is 1. The zero-order valence-electron chi connectivity index (χ0n) is 8.35. The summed E-state index contributed by atoms with van der Waals surface area (Å²) in [5, 5.41) is 9.71. The molecule has 2 aromatic heterocycles. The van der Waals surface area contributed by atoms with E-state index in [4.69, 9.17) is 0 Å². The van der Waals surface area contributed by atoms with Crippen molar-refractivity contribution in [2.45, 2.75) is 0 Å². The summed E-state index contributed by atoms with van der Waals surface area (Å²) >= 11 is 0. The number of aromatic hydroxyl groups is 1. The third-order valence-corrected chi connectivity index (χ3v) is 2.10.